The van der Waals surface area contributed by atoms with Crippen LogP contribution in [0.25, 0.3) is 0 Å². The zero-order valence-corrected chi connectivity index (χ0v) is 9.97. The summed E-state index contributed by atoms with van der Waals surface area (Å²) in [4.78, 5) is 11.6. The first-order chi connectivity index (χ1) is 7.66. The van der Waals surface area contributed by atoms with Gasteiger partial charge in [0.15, 0.2) is 0 Å². The van der Waals surface area contributed by atoms with Gasteiger partial charge in [0, 0.05) is 6.04 Å². The molecule has 86 valence electrons. The van der Waals surface area contributed by atoms with E-state index in [1.807, 2.05) is 19.1 Å². The summed E-state index contributed by atoms with van der Waals surface area (Å²) < 4.78 is 0. The van der Waals surface area contributed by atoms with Crippen LogP contribution in [0.15, 0.2) is 18.2 Å². The monoisotopic (exact) mass is 238 g/mol. The molecule has 0 aliphatic heterocycles. The Labute approximate surface area is 100 Å². The third kappa shape index (κ3) is 2.47. The molecule has 16 heavy (non-hydrogen) atoms. The number of aryl methyl sites for hydroxylation is 1. The highest BCUT2D eigenvalue weighted by molar-refractivity contribution is 6.33. The van der Waals surface area contributed by atoms with Crippen molar-refractivity contribution in [2.75, 3.05) is 5.32 Å². The van der Waals surface area contributed by atoms with Gasteiger partial charge >= 0.3 is 6.03 Å². The van der Waals surface area contributed by atoms with Gasteiger partial charge in [-0.1, -0.05) is 23.7 Å². The van der Waals surface area contributed by atoms with Gasteiger partial charge in [-0.3, -0.25) is 0 Å². The molecule has 1 aliphatic carbocycles. The van der Waals surface area contributed by atoms with Crippen molar-refractivity contribution in [1.82, 2.24) is 5.32 Å². The van der Waals surface area contributed by atoms with Crippen molar-refractivity contribution in [2.45, 2.75) is 32.2 Å². The van der Waals surface area contributed by atoms with Gasteiger partial charge < -0.3 is 10.6 Å². The number of hydrogen-bond donors (Lipinski definition) is 2. The summed E-state index contributed by atoms with van der Waals surface area (Å²) >= 11 is 6.02. The average molecular weight is 239 g/mol. The number of halogens is 1. The highest BCUT2D eigenvalue weighted by Crippen LogP contribution is 2.25. The van der Waals surface area contributed by atoms with E-state index in [-0.39, 0.29) is 6.03 Å². The molecule has 0 bridgehead atoms. The van der Waals surface area contributed by atoms with E-state index in [4.69, 9.17) is 11.6 Å². The van der Waals surface area contributed by atoms with Crippen LogP contribution in [0, 0.1) is 6.92 Å². The molecular weight excluding hydrogens is 224 g/mol. The lowest BCUT2D eigenvalue weighted by Gasteiger charge is -2.26. The van der Waals surface area contributed by atoms with Crippen LogP contribution >= 0.6 is 11.6 Å². The van der Waals surface area contributed by atoms with Crippen LogP contribution in [0.1, 0.15) is 24.8 Å². The number of urea groups is 1. The zero-order chi connectivity index (χ0) is 11.5. The van der Waals surface area contributed by atoms with E-state index < -0.39 is 0 Å². The highest BCUT2D eigenvalue weighted by Gasteiger charge is 2.19. The van der Waals surface area contributed by atoms with Crippen molar-refractivity contribution in [2.24, 2.45) is 0 Å². The molecule has 0 heterocycles. The minimum atomic E-state index is -0.166. The van der Waals surface area contributed by atoms with Crippen LogP contribution in [-0.4, -0.2) is 12.1 Å². The number of anilines is 1. The number of carbonyl (C=O) groups is 1. The van der Waals surface area contributed by atoms with Crippen molar-refractivity contribution in [3.63, 3.8) is 0 Å². The van der Waals surface area contributed by atoms with Gasteiger partial charge in [-0.2, -0.15) is 0 Å². The molecule has 1 aromatic carbocycles. The lowest BCUT2D eigenvalue weighted by Crippen LogP contribution is -2.42. The molecule has 1 saturated carbocycles. The van der Waals surface area contributed by atoms with Crippen LogP contribution in [0.4, 0.5) is 10.5 Å². The van der Waals surface area contributed by atoms with Crippen molar-refractivity contribution >= 4 is 23.3 Å². The van der Waals surface area contributed by atoms with Crippen molar-refractivity contribution in [3.05, 3.63) is 28.8 Å². The van der Waals surface area contributed by atoms with Crippen LogP contribution in [-0.2, 0) is 0 Å². The topological polar surface area (TPSA) is 41.1 Å². The van der Waals surface area contributed by atoms with Gasteiger partial charge in [0.25, 0.3) is 0 Å². The largest absolute Gasteiger partial charge is 0.335 e. The maximum atomic E-state index is 11.6. The predicted molar refractivity (Wildman–Crippen MR) is 66.0 cm³/mol. The van der Waals surface area contributed by atoms with Crippen molar-refractivity contribution < 1.29 is 4.79 Å². The Morgan fingerprint density at radius 2 is 2.19 bits per heavy atom. The number of rotatable bonds is 2. The molecule has 0 radical (unpaired) electrons. The van der Waals surface area contributed by atoms with E-state index in [1.165, 1.54) is 6.42 Å². The average Bonchev–Trinajstić information content (AvgIpc) is 2.18. The summed E-state index contributed by atoms with van der Waals surface area (Å²) in [7, 11) is 0. The second kappa shape index (κ2) is 4.74. The molecule has 0 unspecified atom stereocenters. The van der Waals surface area contributed by atoms with Gasteiger partial charge in [-0.15, -0.1) is 0 Å². The lowest BCUT2D eigenvalue weighted by atomic mass is 9.93. The summed E-state index contributed by atoms with van der Waals surface area (Å²) in [6.07, 6.45) is 3.36. The molecule has 0 aromatic heterocycles. The molecule has 0 saturated heterocycles. The summed E-state index contributed by atoms with van der Waals surface area (Å²) in [6.45, 7) is 1.92. The fraction of sp³-hybridized carbons (Fsp3) is 0.417. The minimum absolute atomic E-state index is 0.166. The third-order valence-electron chi connectivity index (χ3n) is 2.90. The quantitative estimate of drug-likeness (QED) is 0.815. The molecule has 2 rings (SSSR count). The van der Waals surface area contributed by atoms with E-state index in [0.717, 1.165) is 18.4 Å². The van der Waals surface area contributed by atoms with Crippen LogP contribution in [0.5, 0.6) is 0 Å². The smallest absolute Gasteiger partial charge is 0.319 e. The number of benzene rings is 1. The van der Waals surface area contributed by atoms with Gasteiger partial charge in [0.1, 0.15) is 0 Å². The van der Waals surface area contributed by atoms with E-state index >= 15 is 0 Å². The van der Waals surface area contributed by atoms with E-state index in [1.54, 1.807) is 6.07 Å². The van der Waals surface area contributed by atoms with E-state index in [0.29, 0.717) is 16.8 Å². The Morgan fingerprint density at radius 3 is 2.75 bits per heavy atom. The number of amides is 2. The molecule has 0 atom stereocenters. The zero-order valence-electron chi connectivity index (χ0n) is 9.22. The summed E-state index contributed by atoms with van der Waals surface area (Å²) in [5.41, 5.74) is 1.66. The Kier molecular flexibility index (Phi) is 3.34. The molecular formula is C12H15ClN2O. The highest BCUT2D eigenvalue weighted by atomic mass is 35.5. The molecule has 0 spiro atoms. The second-order valence-corrected chi connectivity index (χ2v) is 4.57. The SMILES string of the molecule is Cc1cccc(Cl)c1NC(=O)NC1CCC1. The molecule has 1 aliphatic rings. The Morgan fingerprint density at radius 1 is 1.44 bits per heavy atom. The molecule has 3 nitrogen and oxygen atoms in total. The van der Waals surface area contributed by atoms with Gasteiger partial charge in [0.2, 0.25) is 0 Å². The van der Waals surface area contributed by atoms with E-state index in [9.17, 15) is 4.79 Å². The normalized spacial score (nSPS) is 15.4. The van der Waals surface area contributed by atoms with Gasteiger partial charge in [-0.25, -0.2) is 4.79 Å². The number of carbonyl (C=O) groups excluding carboxylic acids is 1. The first kappa shape index (κ1) is 11.3. The number of hydrogen-bond acceptors (Lipinski definition) is 1. The first-order valence-electron chi connectivity index (χ1n) is 5.49. The summed E-state index contributed by atoms with van der Waals surface area (Å²) in [5, 5.41) is 6.28. The van der Waals surface area contributed by atoms with Crippen molar-refractivity contribution in [1.29, 1.82) is 0 Å². The predicted octanol–water partition coefficient (Wildman–Crippen LogP) is 3.32. The van der Waals surface area contributed by atoms with Crippen molar-refractivity contribution in [3.8, 4) is 0 Å². The third-order valence-corrected chi connectivity index (χ3v) is 3.22. The maximum Gasteiger partial charge on any atom is 0.319 e. The van der Waals surface area contributed by atoms with Crippen LogP contribution in [0.3, 0.4) is 0 Å². The second-order valence-electron chi connectivity index (χ2n) is 4.16. The molecule has 1 aromatic rings. The molecule has 2 N–H and O–H groups in total. The van der Waals surface area contributed by atoms with Crippen LogP contribution < -0.4 is 10.6 Å². The van der Waals surface area contributed by atoms with Gasteiger partial charge in [-0.05, 0) is 37.8 Å². The number of nitrogens with one attached hydrogen (secondary N) is 2. The molecule has 2 amide bonds. The standard InChI is InChI=1S/C12H15ClN2O/c1-8-4-2-7-10(13)11(8)15-12(16)14-9-5-3-6-9/h2,4,7,9H,3,5-6H2,1H3,(H2,14,15,16). The lowest BCUT2D eigenvalue weighted by molar-refractivity contribution is 0.240. The summed E-state index contributed by atoms with van der Waals surface area (Å²) in [5.74, 6) is 0. The number of para-hydroxylation sites is 1. The summed E-state index contributed by atoms with van der Waals surface area (Å²) in [6, 6.07) is 5.73. The fourth-order valence-corrected chi connectivity index (χ4v) is 1.95. The fourth-order valence-electron chi connectivity index (χ4n) is 1.68. The maximum absolute atomic E-state index is 11.6. The van der Waals surface area contributed by atoms with E-state index in [2.05, 4.69) is 10.6 Å². The minimum Gasteiger partial charge on any atom is -0.335 e. The Hall–Kier alpha value is -1.22. The first-order valence-corrected chi connectivity index (χ1v) is 5.87. The van der Waals surface area contributed by atoms with Gasteiger partial charge in [0.05, 0.1) is 10.7 Å². The molecule has 4 heteroatoms. The molecule has 1 fully saturated rings. The van der Waals surface area contributed by atoms with Crippen LogP contribution in [0.2, 0.25) is 5.02 Å². The Bertz CT molecular complexity index is 382. The Balaban J connectivity index is 1.99.